The minimum absolute atomic E-state index is 0.0687. The topological polar surface area (TPSA) is 20.3 Å². The third kappa shape index (κ3) is 2.60. The van der Waals surface area contributed by atoms with Crippen LogP contribution in [-0.2, 0) is 6.42 Å². The highest BCUT2D eigenvalue weighted by Crippen LogP contribution is 2.40. The van der Waals surface area contributed by atoms with Gasteiger partial charge in [-0.25, -0.2) is 4.39 Å². The minimum atomic E-state index is -0.378. The van der Waals surface area contributed by atoms with Crippen molar-refractivity contribution >= 4 is 28.6 Å². The Morgan fingerprint density at radius 1 is 1.13 bits per heavy atom. The molecule has 0 saturated heterocycles. The van der Waals surface area contributed by atoms with Crippen LogP contribution in [-0.4, -0.2) is 17.4 Å². The van der Waals surface area contributed by atoms with Crippen molar-refractivity contribution in [1.82, 2.24) is 4.90 Å². The maximum absolute atomic E-state index is 13.5. The highest BCUT2D eigenvalue weighted by atomic mass is 32.1. The molecular formula is C18H14FNOS2. The molecule has 0 fully saturated rings. The van der Waals surface area contributed by atoms with Gasteiger partial charge in [0, 0.05) is 21.9 Å². The van der Waals surface area contributed by atoms with Crippen LogP contribution < -0.4 is 0 Å². The fraction of sp³-hybridized carbons (Fsp3) is 0.167. The summed E-state index contributed by atoms with van der Waals surface area (Å²) in [4.78, 5) is 17.3. The Morgan fingerprint density at radius 3 is 2.83 bits per heavy atom. The normalized spacial score (nSPS) is 17.1. The van der Waals surface area contributed by atoms with E-state index in [0.717, 1.165) is 11.3 Å². The molecule has 2 nitrogen and oxygen atoms in total. The Kier molecular flexibility index (Phi) is 3.75. The lowest BCUT2D eigenvalue weighted by Crippen LogP contribution is -2.39. The molecule has 3 heterocycles. The van der Waals surface area contributed by atoms with Gasteiger partial charge in [-0.15, -0.1) is 22.7 Å². The van der Waals surface area contributed by atoms with Crippen molar-refractivity contribution in [3.05, 3.63) is 79.9 Å². The van der Waals surface area contributed by atoms with Crippen LogP contribution in [0.2, 0.25) is 0 Å². The molecule has 23 heavy (non-hydrogen) atoms. The summed E-state index contributed by atoms with van der Waals surface area (Å²) in [5, 5.41) is 4.11. The number of hydrogen-bond donors (Lipinski definition) is 0. The van der Waals surface area contributed by atoms with Gasteiger partial charge in [0.05, 0.1) is 6.04 Å². The summed E-state index contributed by atoms with van der Waals surface area (Å²) in [6.07, 6.45) is 0.857. The highest BCUT2D eigenvalue weighted by Gasteiger charge is 2.33. The van der Waals surface area contributed by atoms with Gasteiger partial charge < -0.3 is 4.90 Å². The van der Waals surface area contributed by atoms with E-state index in [4.69, 9.17) is 0 Å². The van der Waals surface area contributed by atoms with Crippen molar-refractivity contribution in [1.29, 1.82) is 0 Å². The fourth-order valence-corrected chi connectivity index (χ4v) is 4.83. The van der Waals surface area contributed by atoms with Crippen molar-refractivity contribution in [3.63, 3.8) is 0 Å². The van der Waals surface area contributed by atoms with Crippen LogP contribution in [0.3, 0.4) is 0 Å². The Hall–Kier alpha value is -1.98. The number of halogens is 1. The third-order valence-electron chi connectivity index (χ3n) is 4.11. The van der Waals surface area contributed by atoms with Gasteiger partial charge in [0.25, 0.3) is 5.91 Å². The van der Waals surface area contributed by atoms with Crippen LogP contribution >= 0.6 is 22.7 Å². The molecule has 1 atom stereocenters. The van der Waals surface area contributed by atoms with Gasteiger partial charge in [0.15, 0.2) is 0 Å². The van der Waals surface area contributed by atoms with E-state index in [1.54, 1.807) is 34.8 Å². The Balaban J connectivity index is 1.77. The van der Waals surface area contributed by atoms with Gasteiger partial charge in [-0.05, 0) is 53.1 Å². The molecule has 116 valence electrons. The zero-order valence-electron chi connectivity index (χ0n) is 12.2. The number of rotatable bonds is 2. The van der Waals surface area contributed by atoms with E-state index in [0.29, 0.717) is 12.1 Å². The Morgan fingerprint density at radius 2 is 2.04 bits per heavy atom. The smallest absolute Gasteiger partial charge is 0.254 e. The molecule has 0 unspecified atom stereocenters. The molecular weight excluding hydrogens is 329 g/mol. The monoisotopic (exact) mass is 343 g/mol. The van der Waals surface area contributed by atoms with E-state index < -0.39 is 0 Å². The second-order valence-corrected chi connectivity index (χ2v) is 7.46. The molecule has 0 bridgehead atoms. The largest absolute Gasteiger partial charge is 0.326 e. The predicted molar refractivity (Wildman–Crippen MR) is 91.6 cm³/mol. The van der Waals surface area contributed by atoms with Crippen LogP contribution in [0.15, 0.2) is 53.2 Å². The number of nitrogens with zero attached hydrogens (tertiary/aromatic N) is 1. The van der Waals surface area contributed by atoms with Crippen molar-refractivity contribution < 1.29 is 9.18 Å². The first kappa shape index (κ1) is 14.6. The number of hydrogen-bond acceptors (Lipinski definition) is 3. The number of amides is 1. The Bertz CT molecular complexity index is 840. The van der Waals surface area contributed by atoms with E-state index in [-0.39, 0.29) is 17.8 Å². The maximum Gasteiger partial charge on any atom is 0.254 e. The molecule has 2 aromatic heterocycles. The summed E-state index contributed by atoms with van der Waals surface area (Å²) in [6.45, 7) is 0.658. The molecule has 0 saturated carbocycles. The van der Waals surface area contributed by atoms with E-state index in [9.17, 15) is 9.18 Å². The highest BCUT2D eigenvalue weighted by molar-refractivity contribution is 7.10. The van der Waals surface area contributed by atoms with Gasteiger partial charge in [0.2, 0.25) is 0 Å². The average Bonchev–Trinajstić information content (AvgIpc) is 3.24. The van der Waals surface area contributed by atoms with E-state index in [1.165, 1.54) is 22.6 Å². The molecule has 1 aliphatic heterocycles. The van der Waals surface area contributed by atoms with E-state index >= 15 is 0 Å². The van der Waals surface area contributed by atoms with Crippen molar-refractivity contribution in [2.24, 2.45) is 0 Å². The second-order valence-electron chi connectivity index (χ2n) is 5.48. The van der Waals surface area contributed by atoms with Gasteiger partial charge >= 0.3 is 0 Å². The molecule has 4 rings (SSSR count). The fourth-order valence-electron chi connectivity index (χ4n) is 3.08. The predicted octanol–water partition coefficient (Wildman–Crippen LogP) is 4.74. The van der Waals surface area contributed by atoms with Crippen LogP contribution in [0, 0.1) is 5.82 Å². The Labute approximate surface area is 141 Å². The molecule has 0 N–H and O–H groups in total. The van der Waals surface area contributed by atoms with Crippen LogP contribution in [0.4, 0.5) is 4.39 Å². The lowest BCUT2D eigenvalue weighted by atomic mass is 9.97. The first-order valence-electron chi connectivity index (χ1n) is 7.40. The SMILES string of the molecule is O=C(c1cccc(F)c1)N1CCc2sccc2[C@H]1c1cccs1. The number of thiophene rings is 2. The van der Waals surface area contributed by atoms with Crippen molar-refractivity contribution in [2.75, 3.05) is 6.54 Å². The summed E-state index contributed by atoms with van der Waals surface area (Å²) in [7, 11) is 0. The van der Waals surface area contributed by atoms with Crippen LogP contribution in [0.25, 0.3) is 0 Å². The second kappa shape index (κ2) is 5.91. The number of benzene rings is 1. The zero-order valence-corrected chi connectivity index (χ0v) is 13.9. The van der Waals surface area contributed by atoms with E-state index in [2.05, 4.69) is 17.5 Å². The van der Waals surface area contributed by atoms with Gasteiger partial charge in [-0.1, -0.05) is 12.1 Å². The quantitative estimate of drug-likeness (QED) is 0.658. The third-order valence-corrected chi connectivity index (χ3v) is 6.03. The summed E-state index contributed by atoms with van der Waals surface area (Å²) in [6, 6.07) is 12.1. The number of carbonyl (C=O) groups is 1. The van der Waals surface area contributed by atoms with Crippen LogP contribution in [0.5, 0.6) is 0 Å². The average molecular weight is 343 g/mol. The van der Waals surface area contributed by atoms with Crippen LogP contribution in [0.1, 0.15) is 31.7 Å². The molecule has 0 aliphatic carbocycles. The van der Waals surface area contributed by atoms with Crippen molar-refractivity contribution in [3.8, 4) is 0 Å². The van der Waals surface area contributed by atoms with Crippen molar-refractivity contribution in [2.45, 2.75) is 12.5 Å². The van der Waals surface area contributed by atoms with Gasteiger partial charge in [0.1, 0.15) is 5.82 Å². The lowest BCUT2D eigenvalue weighted by molar-refractivity contribution is 0.0698. The molecule has 1 amide bonds. The van der Waals surface area contributed by atoms with E-state index in [1.807, 2.05) is 16.3 Å². The number of carbonyl (C=O) groups excluding carboxylic acids is 1. The first-order valence-corrected chi connectivity index (χ1v) is 9.16. The molecule has 0 radical (unpaired) electrons. The van der Waals surface area contributed by atoms with Gasteiger partial charge in [-0.2, -0.15) is 0 Å². The molecule has 1 aromatic carbocycles. The summed E-state index contributed by atoms with van der Waals surface area (Å²) >= 11 is 3.40. The first-order chi connectivity index (χ1) is 11.2. The zero-order chi connectivity index (χ0) is 15.8. The summed E-state index contributed by atoms with van der Waals surface area (Å²) in [5.74, 6) is -0.489. The standard InChI is InChI=1S/C18H14FNOS2/c19-13-4-1-3-12(11-13)18(21)20-8-6-15-14(7-10-23-15)17(20)16-5-2-9-22-16/h1-5,7,9-11,17H,6,8H2/t17-/m0/s1. The number of fused-ring (bicyclic) bond motifs is 1. The summed E-state index contributed by atoms with van der Waals surface area (Å²) < 4.78 is 13.5. The lowest BCUT2D eigenvalue weighted by Gasteiger charge is -2.35. The van der Waals surface area contributed by atoms with Gasteiger partial charge in [-0.3, -0.25) is 4.79 Å². The molecule has 0 spiro atoms. The minimum Gasteiger partial charge on any atom is -0.326 e. The molecule has 3 aromatic rings. The molecule has 1 aliphatic rings. The summed E-state index contributed by atoms with van der Waals surface area (Å²) in [5.41, 5.74) is 1.61. The molecule has 5 heteroatoms. The maximum atomic E-state index is 13.5.